The number of ether oxygens (including phenoxy) is 2. The van der Waals surface area contributed by atoms with E-state index in [1.807, 2.05) is 6.07 Å². The highest BCUT2D eigenvalue weighted by atomic mass is 32.2. The molecule has 2 atom stereocenters. The number of nitrogens with one attached hydrogen (secondary N) is 1. The molecule has 2 aromatic heterocycles. The quantitative estimate of drug-likeness (QED) is 0.495. The minimum atomic E-state index is -4.44. The number of alkyl halides is 3. The van der Waals surface area contributed by atoms with Crippen molar-refractivity contribution in [3.05, 3.63) is 66.0 Å². The summed E-state index contributed by atoms with van der Waals surface area (Å²) in [5.41, 5.74) is 0.612. The van der Waals surface area contributed by atoms with Crippen LogP contribution in [0.4, 0.5) is 24.7 Å². The Morgan fingerprint density at radius 1 is 1.15 bits per heavy atom. The molecule has 2 unspecified atom stereocenters. The first-order valence-corrected chi connectivity index (χ1v) is 11.8. The molecule has 174 valence electrons. The van der Waals surface area contributed by atoms with Crippen LogP contribution >= 0.6 is 0 Å². The number of aromatic nitrogens is 2. The monoisotopic (exact) mass is 477 g/mol. The molecule has 3 aromatic rings. The highest BCUT2D eigenvalue weighted by Crippen LogP contribution is 2.32. The molecule has 0 saturated carbocycles. The first-order valence-electron chi connectivity index (χ1n) is 10.3. The predicted octanol–water partition coefficient (Wildman–Crippen LogP) is 5.35. The molecule has 1 saturated heterocycles. The molecule has 1 aromatic carbocycles. The number of hydrogen-bond donors (Lipinski definition) is 1. The van der Waals surface area contributed by atoms with Gasteiger partial charge in [-0.2, -0.15) is 13.2 Å². The number of anilines is 2. The third kappa shape index (κ3) is 6.08. The van der Waals surface area contributed by atoms with Crippen molar-refractivity contribution in [3.8, 4) is 11.6 Å². The summed E-state index contributed by atoms with van der Waals surface area (Å²) in [6.07, 6.45) is 1.10. The lowest BCUT2D eigenvalue weighted by Crippen LogP contribution is -2.07. The molecule has 0 bridgehead atoms. The van der Waals surface area contributed by atoms with Crippen LogP contribution in [0.25, 0.3) is 0 Å². The van der Waals surface area contributed by atoms with Gasteiger partial charge in [0.25, 0.3) is 0 Å². The Kier molecular flexibility index (Phi) is 6.94. The molecular formula is C23H22F3N3O3S. The fraction of sp³-hybridized carbons (Fsp3) is 0.304. The summed E-state index contributed by atoms with van der Waals surface area (Å²) >= 11 is 0. The highest BCUT2D eigenvalue weighted by Gasteiger charge is 2.30. The van der Waals surface area contributed by atoms with Gasteiger partial charge in [-0.1, -0.05) is 0 Å². The van der Waals surface area contributed by atoms with Crippen molar-refractivity contribution in [2.45, 2.75) is 23.9 Å². The molecule has 1 aliphatic heterocycles. The molecule has 0 aliphatic carbocycles. The molecule has 0 spiro atoms. The Balaban J connectivity index is 1.55. The summed E-state index contributed by atoms with van der Waals surface area (Å²) < 4.78 is 61.4. The maximum Gasteiger partial charge on any atom is 0.417 e. The normalized spacial score (nSPS) is 17.0. The molecule has 33 heavy (non-hydrogen) atoms. The van der Waals surface area contributed by atoms with E-state index in [9.17, 15) is 17.4 Å². The van der Waals surface area contributed by atoms with Crippen LogP contribution in [0.3, 0.4) is 0 Å². The van der Waals surface area contributed by atoms with Gasteiger partial charge in [0.1, 0.15) is 11.6 Å². The van der Waals surface area contributed by atoms with Crippen molar-refractivity contribution >= 4 is 22.3 Å². The van der Waals surface area contributed by atoms with Crippen LogP contribution in [0.2, 0.25) is 0 Å². The first-order chi connectivity index (χ1) is 15.8. The van der Waals surface area contributed by atoms with Crippen LogP contribution in [-0.4, -0.2) is 33.6 Å². The Morgan fingerprint density at radius 3 is 2.55 bits per heavy atom. The highest BCUT2D eigenvalue weighted by molar-refractivity contribution is 7.84. The van der Waals surface area contributed by atoms with E-state index >= 15 is 0 Å². The average molecular weight is 478 g/mol. The van der Waals surface area contributed by atoms with Crippen molar-refractivity contribution in [2.24, 2.45) is 5.92 Å². The average Bonchev–Trinajstić information content (AvgIpc) is 3.29. The zero-order valence-corrected chi connectivity index (χ0v) is 18.6. The second kappa shape index (κ2) is 9.88. The van der Waals surface area contributed by atoms with Gasteiger partial charge in [0.15, 0.2) is 0 Å². The summed E-state index contributed by atoms with van der Waals surface area (Å²) in [7, 11) is -1.08. The fourth-order valence-corrected chi connectivity index (χ4v) is 3.97. The van der Waals surface area contributed by atoms with Gasteiger partial charge in [-0.05, 0) is 61.2 Å². The third-order valence-electron chi connectivity index (χ3n) is 5.19. The van der Waals surface area contributed by atoms with Crippen LogP contribution in [-0.2, 0) is 28.1 Å². The van der Waals surface area contributed by atoms with E-state index in [0.29, 0.717) is 47.8 Å². The second-order valence-electron chi connectivity index (χ2n) is 7.70. The van der Waals surface area contributed by atoms with Crippen LogP contribution in [0.1, 0.15) is 17.5 Å². The second-order valence-corrected chi connectivity index (χ2v) is 9.08. The minimum Gasteiger partial charge on any atom is -0.439 e. The molecule has 6 nitrogen and oxygen atoms in total. The van der Waals surface area contributed by atoms with Gasteiger partial charge in [0, 0.05) is 46.9 Å². The fourth-order valence-electron chi connectivity index (χ4n) is 3.45. The predicted molar refractivity (Wildman–Crippen MR) is 118 cm³/mol. The van der Waals surface area contributed by atoms with Crippen molar-refractivity contribution in [3.63, 3.8) is 0 Å². The molecule has 1 N–H and O–H groups in total. The van der Waals surface area contributed by atoms with Crippen LogP contribution in [0, 0.1) is 5.92 Å². The molecule has 1 fully saturated rings. The molecule has 3 heterocycles. The SMILES string of the molecule is CS(=O)c1ccc(Oc2ncc(Nc3ccc(C(F)(F)F)cn3)cc2CC2CCOC2)cc1. The van der Waals surface area contributed by atoms with E-state index in [2.05, 4.69) is 15.3 Å². The molecule has 0 amide bonds. The Labute approximate surface area is 191 Å². The summed E-state index contributed by atoms with van der Waals surface area (Å²) in [6.45, 7) is 1.35. The van der Waals surface area contributed by atoms with Crippen molar-refractivity contribution in [1.82, 2.24) is 9.97 Å². The maximum atomic E-state index is 12.8. The van der Waals surface area contributed by atoms with E-state index in [0.717, 1.165) is 24.2 Å². The Hall–Kier alpha value is -2.98. The van der Waals surface area contributed by atoms with E-state index in [-0.39, 0.29) is 5.82 Å². The van der Waals surface area contributed by atoms with Crippen molar-refractivity contribution in [1.29, 1.82) is 0 Å². The zero-order chi connectivity index (χ0) is 23.4. The Bertz CT molecular complexity index is 1120. The van der Waals surface area contributed by atoms with E-state index in [1.165, 1.54) is 6.07 Å². The lowest BCUT2D eigenvalue weighted by atomic mass is 9.99. The third-order valence-corrected chi connectivity index (χ3v) is 6.13. The first kappa shape index (κ1) is 23.2. The summed E-state index contributed by atoms with van der Waals surface area (Å²) in [5, 5.41) is 3.00. The lowest BCUT2D eigenvalue weighted by molar-refractivity contribution is -0.137. The van der Waals surface area contributed by atoms with E-state index < -0.39 is 22.5 Å². The van der Waals surface area contributed by atoms with Gasteiger partial charge < -0.3 is 14.8 Å². The molecule has 0 radical (unpaired) electrons. The van der Waals surface area contributed by atoms with Gasteiger partial charge in [-0.3, -0.25) is 4.21 Å². The van der Waals surface area contributed by atoms with Gasteiger partial charge in [-0.15, -0.1) is 0 Å². The number of nitrogens with zero attached hydrogens (tertiary/aromatic N) is 2. The molecule has 4 rings (SSSR count). The van der Waals surface area contributed by atoms with Gasteiger partial charge in [0.05, 0.1) is 17.4 Å². The van der Waals surface area contributed by atoms with Gasteiger partial charge in [0.2, 0.25) is 5.88 Å². The Morgan fingerprint density at radius 2 is 1.94 bits per heavy atom. The van der Waals surface area contributed by atoms with Crippen LogP contribution in [0.5, 0.6) is 11.6 Å². The number of hydrogen-bond acceptors (Lipinski definition) is 6. The van der Waals surface area contributed by atoms with Gasteiger partial charge >= 0.3 is 6.18 Å². The standard InChI is InChI=1S/C23H22F3N3O3S/c1-33(30)20-5-3-19(4-6-20)32-22-16(10-15-8-9-31-14-15)11-18(13-28-22)29-21-7-2-17(12-27-21)23(24,25)26/h2-7,11-13,15H,8-10,14H2,1H3,(H,27,29). The lowest BCUT2D eigenvalue weighted by Gasteiger charge is -2.15. The van der Waals surface area contributed by atoms with Crippen LogP contribution < -0.4 is 10.1 Å². The summed E-state index contributed by atoms with van der Waals surface area (Å²) in [4.78, 5) is 8.98. The zero-order valence-electron chi connectivity index (χ0n) is 17.8. The topological polar surface area (TPSA) is 73.3 Å². The number of rotatable bonds is 7. The van der Waals surface area contributed by atoms with Crippen molar-refractivity contribution < 1.29 is 26.9 Å². The maximum absolute atomic E-state index is 12.8. The summed E-state index contributed by atoms with van der Waals surface area (Å²) in [6, 6.07) is 11.1. The summed E-state index contributed by atoms with van der Waals surface area (Å²) in [5.74, 6) is 1.58. The molecular weight excluding hydrogens is 455 g/mol. The van der Waals surface area contributed by atoms with Gasteiger partial charge in [-0.25, -0.2) is 9.97 Å². The molecule has 1 aliphatic rings. The largest absolute Gasteiger partial charge is 0.439 e. The molecule has 10 heteroatoms. The van der Waals surface area contributed by atoms with E-state index in [1.54, 1.807) is 36.7 Å². The van der Waals surface area contributed by atoms with E-state index in [4.69, 9.17) is 9.47 Å². The minimum absolute atomic E-state index is 0.275. The number of halogens is 3. The smallest absolute Gasteiger partial charge is 0.417 e. The van der Waals surface area contributed by atoms with Crippen LogP contribution in [0.15, 0.2) is 59.8 Å². The van der Waals surface area contributed by atoms with Crippen molar-refractivity contribution in [2.75, 3.05) is 24.8 Å². The number of pyridine rings is 2. The number of benzene rings is 1.